The maximum absolute atomic E-state index is 11.7. The highest BCUT2D eigenvalue weighted by atomic mass is 35.5. The summed E-state index contributed by atoms with van der Waals surface area (Å²) in [5.41, 5.74) is 0. The van der Waals surface area contributed by atoms with Crippen LogP contribution >= 0.6 is 19.9 Å². The zero-order chi connectivity index (χ0) is 12.6. The summed E-state index contributed by atoms with van der Waals surface area (Å²) in [5, 5.41) is 3.11. The highest BCUT2D eigenvalue weighted by Crippen LogP contribution is 2.27. The van der Waals surface area contributed by atoms with Crippen LogP contribution in [0.2, 0.25) is 0 Å². The first-order chi connectivity index (χ1) is 7.51. The van der Waals surface area contributed by atoms with Crippen LogP contribution in [0, 0.1) is 0 Å². The molecular weight excluding hydrogens is 249 g/mol. The molecule has 0 aromatic carbocycles. The Labute approximate surface area is 104 Å². The molecule has 0 aliphatic rings. The summed E-state index contributed by atoms with van der Waals surface area (Å²) in [6.45, 7) is 8.12. The monoisotopic (exact) mass is 269 g/mol. The molecule has 0 fully saturated rings. The fraction of sp³-hybridized carbons (Fsp3) is 0.900. The number of halogens is 1. The van der Waals surface area contributed by atoms with Crippen molar-refractivity contribution in [3.63, 3.8) is 0 Å². The van der Waals surface area contributed by atoms with Gasteiger partial charge in [-0.2, -0.15) is 0 Å². The van der Waals surface area contributed by atoms with E-state index in [1.165, 1.54) is 0 Å². The van der Waals surface area contributed by atoms with Crippen LogP contribution in [-0.2, 0) is 14.1 Å². The van der Waals surface area contributed by atoms with Gasteiger partial charge in [-0.1, -0.05) is 0 Å². The van der Waals surface area contributed by atoms with Crippen LogP contribution in [0.5, 0.6) is 0 Å². The van der Waals surface area contributed by atoms with E-state index in [9.17, 15) is 4.79 Å². The summed E-state index contributed by atoms with van der Waals surface area (Å²) in [6, 6.07) is -0.373. The fourth-order valence-corrected chi connectivity index (χ4v) is 2.46. The van der Waals surface area contributed by atoms with Crippen molar-refractivity contribution in [1.29, 1.82) is 0 Å². The van der Waals surface area contributed by atoms with Gasteiger partial charge in [0.1, 0.15) is 6.04 Å². The SMILES string of the molecule is CCOP(C)N[C@@H](CCCl)C(=O)OC(C)C. The van der Waals surface area contributed by atoms with Gasteiger partial charge in [0.15, 0.2) is 0 Å². The molecule has 0 aromatic heterocycles. The molecule has 96 valence electrons. The van der Waals surface area contributed by atoms with Gasteiger partial charge >= 0.3 is 5.97 Å². The van der Waals surface area contributed by atoms with E-state index >= 15 is 0 Å². The second-order valence-corrected chi connectivity index (χ2v) is 5.45. The molecule has 0 rings (SSSR count). The van der Waals surface area contributed by atoms with Crippen LogP contribution in [0.4, 0.5) is 0 Å². The first-order valence-corrected chi connectivity index (χ1v) is 7.64. The normalized spacial score (nSPS) is 14.9. The van der Waals surface area contributed by atoms with E-state index in [0.717, 1.165) is 0 Å². The molecule has 1 unspecified atom stereocenters. The Balaban J connectivity index is 4.19. The number of ether oxygens (including phenoxy) is 1. The van der Waals surface area contributed by atoms with Crippen molar-refractivity contribution in [2.45, 2.75) is 39.3 Å². The van der Waals surface area contributed by atoms with Crippen LogP contribution in [0.3, 0.4) is 0 Å². The number of esters is 1. The van der Waals surface area contributed by atoms with Crippen molar-refractivity contribution in [3.05, 3.63) is 0 Å². The van der Waals surface area contributed by atoms with Gasteiger partial charge in [0.2, 0.25) is 0 Å². The van der Waals surface area contributed by atoms with E-state index in [0.29, 0.717) is 18.9 Å². The molecule has 0 heterocycles. The molecule has 4 nitrogen and oxygen atoms in total. The molecule has 0 aliphatic carbocycles. The van der Waals surface area contributed by atoms with Crippen molar-refractivity contribution in [3.8, 4) is 0 Å². The molecule has 0 bridgehead atoms. The standard InChI is InChI=1S/C10H21ClNO3P/c1-5-14-16(4)12-9(6-7-11)10(13)15-8(2)3/h8-9,12H,5-7H2,1-4H3/t9-,16?/m0/s1. The smallest absolute Gasteiger partial charge is 0.323 e. The van der Waals surface area contributed by atoms with Crippen molar-refractivity contribution >= 4 is 25.9 Å². The molecule has 0 spiro atoms. The van der Waals surface area contributed by atoms with E-state index in [4.69, 9.17) is 20.9 Å². The first-order valence-electron chi connectivity index (χ1n) is 5.40. The highest BCUT2D eigenvalue weighted by Gasteiger charge is 2.22. The van der Waals surface area contributed by atoms with Gasteiger partial charge in [0.25, 0.3) is 0 Å². The number of carbonyl (C=O) groups is 1. The molecule has 0 saturated heterocycles. The molecular formula is C10H21ClNO3P. The Morgan fingerprint density at radius 1 is 1.50 bits per heavy atom. The summed E-state index contributed by atoms with van der Waals surface area (Å²) in [5.74, 6) is 0.157. The van der Waals surface area contributed by atoms with Crippen molar-refractivity contribution in [1.82, 2.24) is 5.09 Å². The molecule has 16 heavy (non-hydrogen) atoms. The molecule has 0 saturated carbocycles. The summed E-state index contributed by atoms with van der Waals surface area (Å²) in [6.07, 6.45) is 0.439. The van der Waals surface area contributed by atoms with Crippen molar-refractivity contribution in [2.24, 2.45) is 0 Å². The summed E-state index contributed by atoms with van der Waals surface area (Å²) >= 11 is 5.66. The average molecular weight is 270 g/mol. The zero-order valence-electron chi connectivity index (χ0n) is 10.3. The minimum Gasteiger partial charge on any atom is -0.462 e. The van der Waals surface area contributed by atoms with Crippen LogP contribution in [0.25, 0.3) is 0 Å². The number of rotatable bonds is 8. The maximum atomic E-state index is 11.7. The second kappa shape index (κ2) is 9.17. The summed E-state index contributed by atoms with van der Waals surface area (Å²) < 4.78 is 10.5. The summed E-state index contributed by atoms with van der Waals surface area (Å²) in [7, 11) is -0.798. The van der Waals surface area contributed by atoms with E-state index in [2.05, 4.69) is 5.09 Å². The number of hydrogen-bond donors (Lipinski definition) is 1. The number of nitrogens with one attached hydrogen (secondary N) is 1. The Morgan fingerprint density at radius 2 is 2.12 bits per heavy atom. The highest BCUT2D eigenvalue weighted by molar-refractivity contribution is 7.49. The Hall–Kier alpha value is 0.110. The van der Waals surface area contributed by atoms with Gasteiger partial charge in [-0.3, -0.25) is 9.88 Å². The Morgan fingerprint density at radius 3 is 2.56 bits per heavy atom. The fourth-order valence-electron chi connectivity index (χ4n) is 1.11. The molecule has 2 atom stereocenters. The number of hydrogen-bond acceptors (Lipinski definition) is 4. The molecule has 1 N–H and O–H groups in total. The van der Waals surface area contributed by atoms with Gasteiger partial charge in [-0.25, -0.2) is 0 Å². The topological polar surface area (TPSA) is 47.6 Å². The predicted molar refractivity (Wildman–Crippen MR) is 68.0 cm³/mol. The third kappa shape index (κ3) is 7.39. The minimum atomic E-state index is -0.798. The molecule has 0 radical (unpaired) electrons. The van der Waals surface area contributed by atoms with Gasteiger partial charge in [0, 0.05) is 12.5 Å². The van der Waals surface area contributed by atoms with Gasteiger partial charge in [-0.15, -0.1) is 11.6 Å². The zero-order valence-corrected chi connectivity index (χ0v) is 12.0. The van der Waals surface area contributed by atoms with Gasteiger partial charge < -0.3 is 9.26 Å². The van der Waals surface area contributed by atoms with E-state index in [1.54, 1.807) is 0 Å². The summed E-state index contributed by atoms with van der Waals surface area (Å²) in [4.78, 5) is 11.7. The molecule has 6 heteroatoms. The van der Waals surface area contributed by atoms with E-state index in [1.807, 2.05) is 27.4 Å². The lowest BCUT2D eigenvalue weighted by Crippen LogP contribution is -2.36. The number of carbonyl (C=O) groups excluding carboxylic acids is 1. The second-order valence-electron chi connectivity index (χ2n) is 3.56. The average Bonchev–Trinajstić information content (AvgIpc) is 2.16. The largest absolute Gasteiger partial charge is 0.462 e. The lowest BCUT2D eigenvalue weighted by Gasteiger charge is -2.21. The van der Waals surface area contributed by atoms with Crippen LogP contribution in [-0.4, -0.2) is 37.3 Å². The quantitative estimate of drug-likeness (QED) is 0.418. The van der Waals surface area contributed by atoms with Crippen LogP contribution < -0.4 is 5.09 Å². The molecule has 0 amide bonds. The van der Waals surface area contributed by atoms with Crippen molar-refractivity contribution in [2.75, 3.05) is 19.2 Å². The molecule has 0 aliphatic heterocycles. The van der Waals surface area contributed by atoms with Gasteiger partial charge in [-0.05, 0) is 33.9 Å². The third-order valence-corrected chi connectivity index (χ3v) is 3.23. The van der Waals surface area contributed by atoms with E-state index in [-0.39, 0.29) is 18.1 Å². The van der Waals surface area contributed by atoms with Gasteiger partial charge in [0.05, 0.1) is 14.4 Å². The Bertz CT molecular complexity index is 205. The predicted octanol–water partition coefficient (Wildman–Crippen LogP) is 2.50. The Kier molecular flexibility index (Phi) is 9.24. The lowest BCUT2D eigenvalue weighted by molar-refractivity contribution is -0.149. The van der Waals surface area contributed by atoms with Crippen LogP contribution in [0.1, 0.15) is 27.2 Å². The first kappa shape index (κ1) is 16.1. The minimum absolute atomic E-state index is 0.109. The van der Waals surface area contributed by atoms with Crippen molar-refractivity contribution < 1.29 is 14.1 Å². The number of alkyl halides is 1. The maximum Gasteiger partial charge on any atom is 0.323 e. The van der Waals surface area contributed by atoms with Crippen LogP contribution in [0.15, 0.2) is 0 Å². The lowest BCUT2D eigenvalue weighted by atomic mass is 10.2. The molecule has 0 aromatic rings. The van der Waals surface area contributed by atoms with E-state index < -0.39 is 8.30 Å². The third-order valence-electron chi connectivity index (χ3n) is 1.69.